The van der Waals surface area contributed by atoms with Gasteiger partial charge in [-0.25, -0.2) is 0 Å². The van der Waals surface area contributed by atoms with Gasteiger partial charge >= 0.3 is 0 Å². The average Bonchev–Trinajstić information content (AvgIpc) is 2.25. The van der Waals surface area contributed by atoms with E-state index in [0.717, 1.165) is 5.56 Å². The summed E-state index contributed by atoms with van der Waals surface area (Å²) in [5, 5.41) is 1.23. The summed E-state index contributed by atoms with van der Waals surface area (Å²) in [5.74, 6) is 0.209. The Morgan fingerprint density at radius 3 is 2.35 bits per heavy atom. The quantitative estimate of drug-likeness (QED) is 0.670. The number of alkyl halides is 3. The van der Waals surface area contributed by atoms with E-state index in [1.54, 1.807) is 0 Å². The molecule has 1 amide bonds. The van der Waals surface area contributed by atoms with E-state index in [1.165, 1.54) is 0 Å². The van der Waals surface area contributed by atoms with Crippen LogP contribution in [-0.2, 0) is 21.3 Å². The van der Waals surface area contributed by atoms with Crippen molar-refractivity contribution in [3.05, 3.63) is 35.9 Å². The first-order chi connectivity index (χ1) is 7.95. The minimum absolute atomic E-state index is 0.209. The minimum Gasteiger partial charge on any atom is -0.341 e. The van der Waals surface area contributed by atoms with E-state index >= 15 is 0 Å². The van der Waals surface area contributed by atoms with Crippen LogP contribution in [0.3, 0.4) is 0 Å². The van der Waals surface area contributed by atoms with Gasteiger partial charge in [0.15, 0.2) is 5.37 Å². The standard InChI is InChI=1S/C10H10Cl3NO2S/c11-10(12,13)9(14-7-15)17(16)6-8-4-2-1-3-5-8/h1-5,7,9H,6H2,(H,14,15)/t9-,17+/m0/s1. The van der Waals surface area contributed by atoms with Crippen molar-refractivity contribution in [2.24, 2.45) is 0 Å². The topological polar surface area (TPSA) is 46.2 Å². The van der Waals surface area contributed by atoms with Gasteiger partial charge in [0.1, 0.15) is 0 Å². The molecular weight excluding hydrogens is 305 g/mol. The van der Waals surface area contributed by atoms with Gasteiger partial charge in [0, 0.05) is 0 Å². The predicted octanol–water partition coefficient (Wildman–Crippen LogP) is 2.38. The third-order valence-electron chi connectivity index (χ3n) is 1.93. The van der Waals surface area contributed by atoms with Crippen LogP contribution < -0.4 is 5.32 Å². The molecule has 3 nitrogen and oxygen atoms in total. The molecule has 0 saturated carbocycles. The Labute approximate surface area is 117 Å². The van der Waals surface area contributed by atoms with Gasteiger partial charge in [-0.05, 0) is 5.56 Å². The minimum atomic E-state index is -1.81. The van der Waals surface area contributed by atoms with Gasteiger partial charge < -0.3 is 5.32 Å². The van der Waals surface area contributed by atoms with Crippen LogP contribution in [0, 0.1) is 0 Å². The fraction of sp³-hybridized carbons (Fsp3) is 0.300. The number of nitrogens with one attached hydrogen (secondary N) is 1. The lowest BCUT2D eigenvalue weighted by Crippen LogP contribution is -2.43. The summed E-state index contributed by atoms with van der Waals surface area (Å²) in [5.41, 5.74) is 0.845. The highest BCUT2D eigenvalue weighted by molar-refractivity contribution is 7.85. The zero-order valence-corrected chi connectivity index (χ0v) is 11.7. The van der Waals surface area contributed by atoms with Crippen molar-refractivity contribution in [3.63, 3.8) is 0 Å². The molecular formula is C10H10Cl3NO2S. The van der Waals surface area contributed by atoms with Crippen molar-refractivity contribution >= 4 is 52.0 Å². The highest BCUT2D eigenvalue weighted by Crippen LogP contribution is 2.32. The molecule has 0 spiro atoms. The summed E-state index contributed by atoms with van der Waals surface area (Å²) in [6, 6.07) is 9.12. The number of halogens is 3. The van der Waals surface area contributed by atoms with Gasteiger partial charge in [0.05, 0.1) is 16.6 Å². The van der Waals surface area contributed by atoms with Crippen LogP contribution in [-0.4, -0.2) is 19.8 Å². The normalized spacial score (nSPS) is 15.0. The molecule has 0 aromatic heterocycles. The maximum atomic E-state index is 12.0. The van der Waals surface area contributed by atoms with E-state index < -0.39 is 20.0 Å². The second-order valence-corrected chi connectivity index (χ2v) is 7.11. The van der Waals surface area contributed by atoms with Crippen molar-refractivity contribution in [1.82, 2.24) is 5.32 Å². The molecule has 1 rings (SSSR count). The zero-order chi connectivity index (χ0) is 12.9. The van der Waals surface area contributed by atoms with Gasteiger partial charge in [-0.3, -0.25) is 9.00 Å². The number of carbonyl (C=O) groups excluding carboxylic acids is 1. The molecule has 0 aliphatic carbocycles. The summed E-state index contributed by atoms with van der Waals surface area (Å²) in [6.45, 7) is 0. The molecule has 2 atom stereocenters. The highest BCUT2D eigenvalue weighted by Gasteiger charge is 2.37. The highest BCUT2D eigenvalue weighted by atomic mass is 35.6. The van der Waals surface area contributed by atoms with Gasteiger partial charge in [0.2, 0.25) is 10.2 Å². The number of benzene rings is 1. The Hall–Kier alpha value is -0.290. The molecule has 94 valence electrons. The Morgan fingerprint density at radius 2 is 1.88 bits per heavy atom. The van der Waals surface area contributed by atoms with Crippen LogP contribution in [0.15, 0.2) is 30.3 Å². The second-order valence-electron chi connectivity index (χ2n) is 3.22. The van der Waals surface area contributed by atoms with E-state index in [2.05, 4.69) is 5.32 Å². The van der Waals surface area contributed by atoms with Gasteiger partial charge in [0.25, 0.3) is 0 Å². The van der Waals surface area contributed by atoms with Crippen molar-refractivity contribution < 1.29 is 9.00 Å². The van der Waals surface area contributed by atoms with E-state index in [1.807, 2.05) is 30.3 Å². The second kappa shape index (κ2) is 6.59. The maximum Gasteiger partial charge on any atom is 0.222 e. The Bertz CT molecular complexity index is 394. The molecule has 1 aromatic rings. The summed E-state index contributed by atoms with van der Waals surface area (Å²) in [6.07, 6.45) is 0.370. The Morgan fingerprint density at radius 1 is 1.29 bits per heavy atom. The third-order valence-corrected chi connectivity index (χ3v) is 4.61. The summed E-state index contributed by atoms with van der Waals surface area (Å²) >= 11 is 17.0. The fourth-order valence-electron chi connectivity index (χ4n) is 1.20. The molecule has 0 saturated heterocycles. The average molecular weight is 315 g/mol. The summed E-state index contributed by atoms with van der Waals surface area (Å²) in [7, 11) is -1.52. The van der Waals surface area contributed by atoms with Crippen LogP contribution in [0.25, 0.3) is 0 Å². The SMILES string of the molecule is O=CN[C@@H]([S@](=O)Cc1ccccc1)C(Cl)(Cl)Cl. The van der Waals surface area contributed by atoms with Gasteiger partial charge in [-0.2, -0.15) is 0 Å². The van der Waals surface area contributed by atoms with Crippen LogP contribution in [0.5, 0.6) is 0 Å². The Kier molecular flexibility index (Phi) is 5.73. The first-order valence-corrected chi connectivity index (χ1v) is 7.14. The van der Waals surface area contributed by atoms with Gasteiger partial charge in [-0.1, -0.05) is 65.1 Å². The van der Waals surface area contributed by atoms with Crippen molar-refractivity contribution in [2.45, 2.75) is 14.9 Å². The maximum absolute atomic E-state index is 12.0. The third kappa shape index (κ3) is 4.84. The van der Waals surface area contributed by atoms with Crippen molar-refractivity contribution in [2.75, 3.05) is 0 Å². The molecule has 1 aromatic carbocycles. The van der Waals surface area contributed by atoms with Crippen LogP contribution in [0.1, 0.15) is 5.56 Å². The monoisotopic (exact) mass is 313 g/mol. The van der Waals surface area contributed by atoms with Gasteiger partial charge in [-0.15, -0.1) is 0 Å². The predicted molar refractivity (Wildman–Crippen MR) is 71.6 cm³/mol. The first-order valence-electron chi connectivity index (χ1n) is 4.62. The molecule has 1 N–H and O–H groups in total. The number of hydrogen-bond donors (Lipinski definition) is 1. The summed E-state index contributed by atoms with van der Waals surface area (Å²) < 4.78 is 10.2. The zero-order valence-electron chi connectivity index (χ0n) is 8.61. The number of amides is 1. The Balaban J connectivity index is 2.76. The lowest BCUT2D eigenvalue weighted by Gasteiger charge is -2.22. The molecule has 0 bridgehead atoms. The molecule has 0 unspecified atom stereocenters. The smallest absolute Gasteiger partial charge is 0.222 e. The molecule has 0 heterocycles. The lowest BCUT2D eigenvalue weighted by molar-refractivity contribution is -0.109. The summed E-state index contributed by atoms with van der Waals surface area (Å²) in [4.78, 5) is 10.4. The largest absolute Gasteiger partial charge is 0.341 e. The molecule has 0 radical (unpaired) electrons. The van der Waals surface area contributed by atoms with E-state index in [9.17, 15) is 9.00 Å². The molecule has 0 fully saturated rings. The lowest BCUT2D eigenvalue weighted by atomic mass is 10.2. The van der Waals surface area contributed by atoms with E-state index in [0.29, 0.717) is 6.41 Å². The van der Waals surface area contributed by atoms with E-state index in [4.69, 9.17) is 34.8 Å². The van der Waals surface area contributed by atoms with Crippen LogP contribution in [0.2, 0.25) is 0 Å². The van der Waals surface area contributed by atoms with E-state index in [-0.39, 0.29) is 5.75 Å². The molecule has 0 aliphatic rings. The number of carbonyl (C=O) groups is 1. The van der Waals surface area contributed by atoms with Crippen LogP contribution >= 0.6 is 34.8 Å². The first kappa shape index (κ1) is 14.8. The fourth-order valence-corrected chi connectivity index (χ4v) is 3.48. The molecule has 17 heavy (non-hydrogen) atoms. The number of rotatable bonds is 5. The van der Waals surface area contributed by atoms with Crippen molar-refractivity contribution in [3.8, 4) is 0 Å². The van der Waals surface area contributed by atoms with Crippen molar-refractivity contribution in [1.29, 1.82) is 0 Å². The molecule has 7 heteroatoms. The molecule has 0 aliphatic heterocycles. The van der Waals surface area contributed by atoms with Crippen LogP contribution in [0.4, 0.5) is 0 Å². The number of hydrogen-bond acceptors (Lipinski definition) is 2.